The summed E-state index contributed by atoms with van der Waals surface area (Å²) in [5, 5.41) is 8.66. The van der Waals surface area contributed by atoms with Crippen LogP contribution in [-0.2, 0) is 6.54 Å². The molecule has 4 heterocycles. The van der Waals surface area contributed by atoms with E-state index in [1.807, 2.05) is 24.3 Å². The van der Waals surface area contributed by atoms with Crippen LogP contribution in [0.15, 0.2) is 42.9 Å². The quantitative estimate of drug-likeness (QED) is 0.716. The lowest BCUT2D eigenvalue weighted by atomic mass is 10.2. The molecule has 7 nitrogen and oxygen atoms in total. The van der Waals surface area contributed by atoms with E-state index in [1.165, 1.54) is 0 Å². The number of anilines is 1. The molecule has 0 spiro atoms. The molecule has 0 aliphatic carbocycles. The average molecular weight is 293 g/mol. The van der Waals surface area contributed by atoms with Crippen molar-refractivity contribution in [3.05, 3.63) is 48.7 Å². The van der Waals surface area contributed by atoms with Gasteiger partial charge in [0.25, 0.3) is 0 Å². The Kier molecular flexibility index (Phi) is 3.03. The average Bonchev–Trinajstić information content (AvgIpc) is 3.01. The smallest absolute Gasteiger partial charge is 0.225 e. The molecule has 7 heteroatoms. The molecule has 0 radical (unpaired) electrons. The summed E-state index contributed by atoms with van der Waals surface area (Å²) in [6, 6.07) is 7.85. The fourth-order valence-corrected chi connectivity index (χ4v) is 2.81. The van der Waals surface area contributed by atoms with Crippen molar-refractivity contribution in [3.63, 3.8) is 0 Å². The second-order valence-electron chi connectivity index (χ2n) is 5.30. The SMILES string of the molecule is C[C@H]1CN(c2ncccn2)Cc2nnc(-c3ccccn3)n21. The molecule has 0 saturated carbocycles. The molecule has 3 aromatic heterocycles. The largest absolute Gasteiger partial charge is 0.331 e. The summed E-state index contributed by atoms with van der Waals surface area (Å²) in [4.78, 5) is 15.1. The van der Waals surface area contributed by atoms with Crippen molar-refractivity contribution in [1.82, 2.24) is 29.7 Å². The van der Waals surface area contributed by atoms with Gasteiger partial charge in [-0.25, -0.2) is 9.97 Å². The molecule has 0 amide bonds. The minimum absolute atomic E-state index is 0.222. The Morgan fingerprint density at radius 1 is 1.00 bits per heavy atom. The van der Waals surface area contributed by atoms with Crippen molar-refractivity contribution < 1.29 is 0 Å². The maximum atomic E-state index is 4.38. The van der Waals surface area contributed by atoms with Gasteiger partial charge in [0.2, 0.25) is 5.95 Å². The van der Waals surface area contributed by atoms with Crippen LogP contribution in [0, 0.1) is 0 Å². The number of nitrogens with zero attached hydrogens (tertiary/aromatic N) is 7. The van der Waals surface area contributed by atoms with Gasteiger partial charge in [0, 0.05) is 25.1 Å². The van der Waals surface area contributed by atoms with Gasteiger partial charge in [-0.1, -0.05) is 6.07 Å². The van der Waals surface area contributed by atoms with E-state index >= 15 is 0 Å². The monoisotopic (exact) mass is 293 g/mol. The summed E-state index contributed by atoms with van der Waals surface area (Å²) in [6.07, 6.45) is 5.28. The first-order valence-corrected chi connectivity index (χ1v) is 7.20. The predicted octanol–water partition coefficient (Wildman–Crippen LogP) is 1.71. The molecule has 0 N–H and O–H groups in total. The van der Waals surface area contributed by atoms with E-state index in [-0.39, 0.29) is 6.04 Å². The van der Waals surface area contributed by atoms with Crippen LogP contribution in [0.3, 0.4) is 0 Å². The molecular weight excluding hydrogens is 278 g/mol. The first kappa shape index (κ1) is 12.9. The van der Waals surface area contributed by atoms with Crippen LogP contribution in [0.4, 0.5) is 5.95 Å². The first-order chi connectivity index (χ1) is 10.8. The minimum Gasteiger partial charge on any atom is -0.331 e. The van der Waals surface area contributed by atoms with Gasteiger partial charge < -0.3 is 9.47 Å². The van der Waals surface area contributed by atoms with Crippen molar-refractivity contribution in [3.8, 4) is 11.5 Å². The lowest BCUT2D eigenvalue weighted by Gasteiger charge is -2.32. The van der Waals surface area contributed by atoms with Crippen molar-refractivity contribution in [2.75, 3.05) is 11.4 Å². The molecule has 1 aliphatic rings. The molecule has 0 aromatic carbocycles. The molecule has 4 rings (SSSR count). The molecule has 0 bridgehead atoms. The zero-order valence-corrected chi connectivity index (χ0v) is 12.2. The lowest BCUT2D eigenvalue weighted by molar-refractivity contribution is 0.461. The summed E-state index contributed by atoms with van der Waals surface area (Å²) in [5.41, 5.74) is 0.845. The maximum Gasteiger partial charge on any atom is 0.225 e. The number of hydrogen-bond donors (Lipinski definition) is 0. The summed E-state index contributed by atoms with van der Waals surface area (Å²) >= 11 is 0. The van der Waals surface area contributed by atoms with Crippen LogP contribution in [0.2, 0.25) is 0 Å². The molecule has 1 atom stereocenters. The highest BCUT2D eigenvalue weighted by atomic mass is 15.4. The van der Waals surface area contributed by atoms with Gasteiger partial charge in [-0.2, -0.15) is 0 Å². The molecule has 0 fully saturated rings. The third-order valence-electron chi connectivity index (χ3n) is 3.75. The number of hydrogen-bond acceptors (Lipinski definition) is 6. The molecule has 0 saturated heterocycles. The standard InChI is InChI=1S/C15H15N7/c1-11-9-21(15-17-7-4-8-18-15)10-13-19-20-14(22(11)13)12-5-2-3-6-16-12/h2-8,11H,9-10H2,1H3/t11-/m0/s1. The highest BCUT2D eigenvalue weighted by Gasteiger charge is 2.28. The molecule has 110 valence electrons. The topological polar surface area (TPSA) is 72.6 Å². The number of aromatic nitrogens is 6. The molecule has 22 heavy (non-hydrogen) atoms. The first-order valence-electron chi connectivity index (χ1n) is 7.20. The second-order valence-corrected chi connectivity index (χ2v) is 5.30. The Hall–Kier alpha value is -2.83. The number of pyridine rings is 1. The van der Waals surface area contributed by atoms with Crippen molar-refractivity contribution in [1.29, 1.82) is 0 Å². The normalized spacial score (nSPS) is 17.3. The Morgan fingerprint density at radius 2 is 1.82 bits per heavy atom. The van der Waals surface area contributed by atoms with Gasteiger partial charge in [0.05, 0.1) is 12.6 Å². The zero-order valence-electron chi connectivity index (χ0n) is 12.2. The lowest BCUT2D eigenvalue weighted by Crippen LogP contribution is -2.37. The van der Waals surface area contributed by atoms with Crippen LogP contribution in [0.5, 0.6) is 0 Å². The van der Waals surface area contributed by atoms with Gasteiger partial charge in [-0.05, 0) is 25.1 Å². The third kappa shape index (κ3) is 2.11. The minimum atomic E-state index is 0.222. The van der Waals surface area contributed by atoms with E-state index in [0.29, 0.717) is 6.54 Å². The van der Waals surface area contributed by atoms with Crippen LogP contribution >= 0.6 is 0 Å². The zero-order chi connectivity index (χ0) is 14.9. The summed E-state index contributed by atoms with van der Waals surface area (Å²) in [6.45, 7) is 3.61. The molecule has 3 aromatic rings. The van der Waals surface area contributed by atoms with Crippen LogP contribution in [0.1, 0.15) is 18.8 Å². The van der Waals surface area contributed by atoms with Gasteiger partial charge in [-0.3, -0.25) is 4.98 Å². The van der Waals surface area contributed by atoms with E-state index in [2.05, 4.69) is 41.5 Å². The van der Waals surface area contributed by atoms with E-state index < -0.39 is 0 Å². The Morgan fingerprint density at radius 3 is 2.59 bits per heavy atom. The number of fused-ring (bicyclic) bond motifs is 1. The van der Waals surface area contributed by atoms with Gasteiger partial charge >= 0.3 is 0 Å². The molecular formula is C15H15N7. The summed E-state index contributed by atoms with van der Waals surface area (Å²) < 4.78 is 2.15. The maximum absolute atomic E-state index is 4.38. The molecule has 0 unspecified atom stereocenters. The fraction of sp³-hybridized carbons (Fsp3) is 0.267. The van der Waals surface area contributed by atoms with Gasteiger partial charge in [0.1, 0.15) is 5.69 Å². The number of rotatable bonds is 2. The molecule has 1 aliphatic heterocycles. The van der Waals surface area contributed by atoms with Crippen LogP contribution in [0.25, 0.3) is 11.5 Å². The Labute approximate surface area is 127 Å². The van der Waals surface area contributed by atoms with Crippen LogP contribution in [-0.4, -0.2) is 36.3 Å². The van der Waals surface area contributed by atoms with E-state index in [1.54, 1.807) is 18.6 Å². The Balaban J connectivity index is 1.71. The summed E-state index contributed by atoms with van der Waals surface area (Å²) in [5.74, 6) is 2.45. The van der Waals surface area contributed by atoms with E-state index in [9.17, 15) is 0 Å². The Bertz CT molecular complexity index is 769. The van der Waals surface area contributed by atoms with Crippen molar-refractivity contribution in [2.24, 2.45) is 0 Å². The van der Waals surface area contributed by atoms with Gasteiger partial charge in [0.15, 0.2) is 11.6 Å². The van der Waals surface area contributed by atoms with Crippen molar-refractivity contribution >= 4 is 5.95 Å². The van der Waals surface area contributed by atoms with Gasteiger partial charge in [-0.15, -0.1) is 10.2 Å². The van der Waals surface area contributed by atoms with E-state index in [0.717, 1.165) is 29.8 Å². The highest BCUT2D eigenvalue weighted by Crippen LogP contribution is 2.27. The second kappa shape index (κ2) is 5.18. The third-order valence-corrected chi connectivity index (χ3v) is 3.75. The van der Waals surface area contributed by atoms with Crippen molar-refractivity contribution in [2.45, 2.75) is 19.5 Å². The van der Waals surface area contributed by atoms with Crippen LogP contribution < -0.4 is 4.90 Å². The fourth-order valence-electron chi connectivity index (χ4n) is 2.81. The predicted molar refractivity (Wildman–Crippen MR) is 81.0 cm³/mol. The highest BCUT2D eigenvalue weighted by molar-refractivity contribution is 5.50. The van der Waals surface area contributed by atoms with E-state index in [4.69, 9.17) is 0 Å². The summed E-state index contributed by atoms with van der Waals surface area (Å²) in [7, 11) is 0.